The van der Waals surface area contributed by atoms with Gasteiger partial charge in [0, 0.05) is 28.6 Å². The molecule has 0 saturated heterocycles. The molecule has 42 heavy (non-hydrogen) atoms. The van der Waals surface area contributed by atoms with Crippen LogP contribution >= 0.6 is 11.6 Å². The number of hydrogen-bond acceptors (Lipinski definition) is 7. The molecule has 1 aliphatic heterocycles. The van der Waals surface area contributed by atoms with Crippen LogP contribution in [0, 0.1) is 0 Å². The molecule has 3 amide bonds. The van der Waals surface area contributed by atoms with Crippen LogP contribution in [0.4, 0.5) is 11.4 Å². The van der Waals surface area contributed by atoms with E-state index in [9.17, 15) is 14.4 Å². The van der Waals surface area contributed by atoms with Crippen molar-refractivity contribution >= 4 is 40.7 Å². The van der Waals surface area contributed by atoms with E-state index in [1.165, 1.54) is 0 Å². The molecule has 11 nitrogen and oxygen atoms in total. The molecule has 0 spiro atoms. The molecule has 12 heteroatoms. The number of anilines is 2. The third-order valence-corrected chi connectivity index (χ3v) is 7.35. The molecular formula is C30H27ClN6O5. The van der Waals surface area contributed by atoms with Crippen LogP contribution in [-0.4, -0.2) is 59.8 Å². The van der Waals surface area contributed by atoms with Gasteiger partial charge in [-0.05, 0) is 75.0 Å². The summed E-state index contributed by atoms with van der Waals surface area (Å²) in [5.41, 5.74) is 11.2. The van der Waals surface area contributed by atoms with Crippen molar-refractivity contribution in [3.63, 3.8) is 0 Å². The number of benzene rings is 3. The number of nitrogens with one attached hydrogen (secondary N) is 2. The van der Waals surface area contributed by atoms with Gasteiger partial charge in [-0.25, -0.2) is 4.68 Å². The first-order valence-corrected chi connectivity index (χ1v) is 13.6. The zero-order valence-electron chi connectivity index (χ0n) is 22.9. The fourth-order valence-electron chi connectivity index (χ4n) is 5.18. The number of ether oxygens (including phenoxy) is 2. The maximum Gasteiger partial charge on any atom is 0.269 e. The maximum atomic E-state index is 13.2. The minimum atomic E-state index is -0.616. The zero-order valence-corrected chi connectivity index (χ0v) is 23.6. The minimum absolute atomic E-state index is 0.131. The van der Waals surface area contributed by atoms with Crippen molar-refractivity contribution in [2.45, 2.75) is 12.8 Å². The van der Waals surface area contributed by atoms with Crippen LogP contribution in [0.3, 0.4) is 0 Å². The van der Waals surface area contributed by atoms with Gasteiger partial charge in [0.05, 0.1) is 28.5 Å². The Hall–Kier alpha value is -4.87. The van der Waals surface area contributed by atoms with E-state index < -0.39 is 11.8 Å². The number of carbonyl (C=O) groups excluding carboxylic acids is 3. The first-order chi connectivity index (χ1) is 20.2. The van der Waals surface area contributed by atoms with E-state index in [4.69, 9.17) is 26.8 Å². The highest BCUT2D eigenvalue weighted by atomic mass is 35.5. The van der Waals surface area contributed by atoms with Gasteiger partial charge in [0.15, 0.2) is 17.2 Å². The quantitative estimate of drug-likeness (QED) is 0.298. The number of amides is 3. The van der Waals surface area contributed by atoms with Gasteiger partial charge in [0.1, 0.15) is 0 Å². The number of nitrogens with zero attached hydrogens (tertiary/aromatic N) is 3. The second kappa shape index (κ2) is 10.8. The summed E-state index contributed by atoms with van der Waals surface area (Å²) in [5, 5.41) is 10.5. The Labute approximate surface area is 246 Å². The monoisotopic (exact) mass is 586 g/mol. The number of hydrogen-bond donors (Lipinski definition) is 3. The molecule has 1 aromatic heterocycles. The summed E-state index contributed by atoms with van der Waals surface area (Å²) < 4.78 is 12.7. The van der Waals surface area contributed by atoms with Crippen LogP contribution < -0.4 is 25.8 Å². The summed E-state index contributed by atoms with van der Waals surface area (Å²) in [6, 6.07) is 15.8. The van der Waals surface area contributed by atoms with E-state index in [0.717, 1.165) is 22.4 Å². The molecule has 0 saturated carbocycles. The molecule has 3 aromatic carbocycles. The van der Waals surface area contributed by atoms with E-state index >= 15 is 0 Å². The molecule has 214 valence electrons. The Balaban J connectivity index is 1.31. The van der Waals surface area contributed by atoms with E-state index in [2.05, 4.69) is 15.7 Å². The summed E-state index contributed by atoms with van der Waals surface area (Å²) >= 11 is 6.43. The normalized spacial score (nSPS) is 13.0. The van der Waals surface area contributed by atoms with Gasteiger partial charge >= 0.3 is 0 Å². The predicted molar refractivity (Wildman–Crippen MR) is 158 cm³/mol. The van der Waals surface area contributed by atoms with Crippen LogP contribution in [-0.2, 0) is 17.6 Å². The second-order valence-corrected chi connectivity index (χ2v) is 10.7. The SMILES string of the molecule is CN(C)CC(=O)Nc1ccc(C(=O)Nc2ccc3c(c2)-c2c(c(C(N)=O)nn2-c2ccc4c(c2)OCO4)CC3)c(Cl)c1. The average Bonchev–Trinajstić information content (AvgIpc) is 3.57. The summed E-state index contributed by atoms with van der Waals surface area (Å²) in [6.45, 7) is 0.348. The number of carbonyl (C=O) groups is 3. The Kier molecular flexibility index (Phi) is 7.05. The number of likely N-dealkylation sites (N-methyl/N-ethyl adjacent to an activating group) is 1. The molecule has 1 aliphatic carbocycles. The summed E-state index contributed by atoms with van der Waals surface area (Å²) in [5.74, 6) is -0.0161. The highest BCUT2D eigenvalue weighted by Crippen LogP contribution is 2.40. The Morgan fingerprint density at radius 3 is 2.50 bits per heavy atom. The topological polar surface area (TPSA) is 141 Å². The highest BCUT2D eigenvalue weighted by Gasteiger charge is 2.29. The molecular weight excluding hydrogens is 560 g/mol. The van der Waals surface area contributed by atoms with Crippen molar-refractivity contribution in [2.24, 2.45) is 5.73 Å². The van der Waals surface area contributed by atoms with E-state index in [-0.39, 0.29) is 35.5 Å². The zero-order chi connectivity index (χ0) is 29.5. The molecule has 2 heterocycles. The lowest BCUT2D eigenvalue weighted by Gasteiger charge is -2.20. The number of aryl methyl sites for hydroxylation is 1. The standard InChI is InChI=1S/C30H27ClN6O5/c1-36(2)14-26(38)33-18-6-9-20(23(31)12-18)30(40)34-17-5-3-16-4-8-21-27(29(32)39)35-37(28(21)22(16)11-17)19-7-10-24-25(13-19)42-15-41-24/h3,5-7,9-13H,4,8,14-15H2,1-2H3,(H2,32,39)(H,33,38)(H,34,40). The Morgan fingerprint density at radius 2 is 1.74 bits per heavy atom. The average molecular weight is 587 g/mol. The molecule has 4 N–H and O–H groups in total. The van der Waals surface area contributed by atoms with Gasteiger partial charge in [0.2, 0.25) is 12.7 Å². The maximum absolute atomic E-state index is 13.2. The first-order valence-electron chi connectivity index (χ1n) is 13.2. The number of halogens is 1. The lowest BCUT2D eigenvalue weighted by molar-refractivity contribution is -0.116. The molecule has 0 unspecified atom stereocenters. The third-order valence-electron chi connectivity index (χ3n) is 7.04. The lowest BCUT2D eigenvalue weighted by Crippen LogP contribution is -2.27. The first kappa shape index (κ1) is 27.3. The Morgan fingerprint density at radius 1 is 0.976 bits per heavy atom. The van der Waals surface area contributed by atoms with Crippen molar-refractivity contribution in [3.05, 3.63) is 82.0 Å². The van der Waals surface area contributed by atoms with E-state index in [1.54, 1.807) is 54.0 Å². The van der Waals surface area contributed by atoms with Crippen molar-refractivity contribution in [3.8, 4) is 28.4 Å². The van der Waals surface area contributed by atoms with Crippen LogP contribution in [0.2, 0.25) is 5.02 Å². The van der Waals surface area contributed by atoms with Gasteiger partial charge in [-0.15, -0.1) is 0 Å². The van der Waals surface area contributed by atoms with Gasteiger partial charge < -0.3 is 30.7 Å². The summed E-state index contributed by atoms with van der Waals surface area (Å²) in [6.07, 6.45) is 1.26. The van der Waals surface area contributed by atoms with Gasteiger partial charge in [-0.3, -0.25) is 14.4 Å². The number of nitrogens with two attached hydrogens (primary N) is 1. The van der Waals surface area contributed by atoms with E-state index in [0.29, 0.717) is 41.4 Å². The van der Waals surface area contributed by atoms with Gasteiger partial charge in [-0.1, -0.05) is 17.7 Å². The van der Waals surface area contributed by atoms with Crippen molar-refractivity contribution in [1.82, 2.24) is 14.7 Å². The summed E-state index contributed by atoms with van der Waals surface area (Å²) in [4.78, 5) is 39.4. The third kappa shape index (κ3) is 5.15. The predicted octanol–water partition coefficient (Wildman–Crippen LogP) is 3.87. The lowest BCUT2D eigenvalue weighted by atomic mass is 9.88. The smallest absolute Gasteiger partial charge is 0.269 e. The van der Waals surface area contributed by atoms with Gasteiger partial charge in [0.25, 0.3) is 11.8 Å². The number of fused-ring (bicyclic) bond motifs is 4. The Bertz CT molecular complexity index is 1770. The largest absolute Gasteiger partial charge is 0.454 e. The van der Waals surface area contributed by atoms with Gasteiger partial charge in [-0.2, -0.15) is 5.10 Å². The highest BCUT2D eigenvalue weighted by molar-refractivity contribution is 6.34. The molecule has 4 aromatic rings. The second-order valence-electron chi connectivity index (χ2n) is 10.3. The number of rotatable bonds is 7. The fraction of sp³-hybridized carbons (Fsp3) is 0.200. The fourth-order valence-corrected chi connectivity index (χ4v) is 5.45. The van der Waals surface area contributed by atoms with Crippen molar-refractivity contribution in [2.75, 3.05) is 38.1 Å². The molecule has 0 bridgehead atoms. The van der Waals surface area contributed by atoms with Crippen molar-refractivity contribution in [1.29, 1.82) is 0 Å². The minimum Gasteiger partial charge on any atom is -0.454 e. The molecule has 0 radical (unpaired) electrons. The summed E-state index contributed by atoms with van der Waals surface area (Å²) in [7, 11) is 3.59. The number of primary amides is 1. The number of aromatic nitrogens is 2. The van der Waals surface area contributed by atoms with Crippen LogP contribution in [0.15, 0.2) is 54.6 Å². The van der Waals surface area contributed by atoms with Crippen LogP contribution in [0.25, 0.3) is 16.9 Å². The molecule has 0 atom stereocenters. The molecule has 6 rings (SSSR count). The van der Waals surface area contributed by atoms with E-state index in [1.807, 2.05) is 24.3 Å². The molecule has 0 fully saturated rings. The van der Waals surface area contributed by atoms with Crippen LogP contribution in [0.1, 0.15) is 32.0 Å². The van der Waals surface area contributed by atoms with Crippen LogP contribution in [0.5, 0.6) is 11.5 Å². The van der Waals surface area contributed by atoms with Crippen molar-refractivity contribution < 1.29 is 23.9 Å². The molecule has 2 aliphatic rings.